The smallest absolute Gasteiger partial charge is 0.274 e. The van der Waals surface area contributed by atoms with Gasteiger partial charge in [0.15, 0.2) is 28.2 Å². The van der Waals surface area contributed by atoms with Gasteiger partial charge in [-0.3, -0.25) is 15.0 Å². The van der Waals surface area contributed by atoms with E-state index in [1.54, 1.807) is 0 Å². The number of hydrogen-bond donors (Lipinski definition) is 2. The van der Waals surface area contributed by atoms with E-state index in [4.69, 9.17) is 5.21 Å². The standard InChI is InChI=1S/C20H14F5N3O4S/c21-14-15(22)17(24)19(18(25)16(14)23)33(31,32)28(10-12-2-1-7-26-8-12)9-11-3-5-13(6-4-11)20(29)27-30/h1-8,30H,9-10H2,(H,27,29). The number of hydrogen-bond acceptors (Lipinski definition) is 5. The van der Waals surface area contributed by atoms with Gasteiger partial charge in [0.05, 0.1) is 0 Å². The molecule has 0 saturated heterocycles. The summed E-state index contributed by atoms with van der Waals surface area (Å²) in [5.41, 5.74) is 1.90. The topological polar surface area (TPSA) is 99.6 Å². The number of halogens is 5. The van der Waals surface area contributed by atoms with Crippen molar-refractivity contribution in [2.45, 2.75) is 18.0 Å². The van der Waals surface area contributed by atoms with E-state index in [0.717, 1.165) is 0 Å². The molecule has 1 amide bonds. The van der Waals surface area contributed by atoms with E-state index in [9.17, 15) is 35.2 Å². The highest BCUT2D eigenvalue weighted by Crippen LogP contribution is 2.30. The van der Waals surface area contributed by atoms with Gasteiger partial charge in [0, 0.05) is 31.0 Å². The molecule has 7 nitrogen and oxygen atoms in total. The maximum absolute atomic E-state index is 14.3. The Bertz CT molecular complexity index is 1260. The number of pyridine rings is 1. The Morgan fingerprint density at radius 1 is 0.879 bits per heavy atom. The molecule has 0 saturated carbocycles. The van der Waals surface area contributed by atoms with Gasteiger partial charge in [-0.1, -0.05) is 18.2 Å². The molecule has 0 fully saturated rings. The van der Waals surface area contributed by atoms with Crippen LogP contribution in [0.4, 0.5) is 22.0 Å². The second-order valence-electron chi connectivity index (χ2n) is 6.67. The minimum absolute atomic E-state index is 0.0164. The van der Waals surface area contributed by atoms with Gasteiger partial charge in [-0.05, 0) is 29.3 Å². The van der Waals surface area contributed by atoms with Crippen LogP contribution in [0.15, 0.2) is 53.7 Å². The van der Waals surface area contributed by atoms with Crippen LogP contribution < -0.4 is 5.48 Å². The number of carbonyl (C=O) groups excluding carboxylic acids is 1. The highest BCUT2D eigenvalue weighted by Gasteiger charge is 2.37. The lowest BCUT2D eigenvalue weighted by Crippen LogP contribution is -2.32. The van der Waals surface area contributed by atoms with Crippen molar-refractivity contribution in [3.63, 3.8) is 0 Å². The Balaban J connectivity index is 2.09. The minimum atomic E-state index is -5.26. The van der Waals surface area contributed by atoms with Gasteiger partial charge in [0.25, 0.3) is 5.91 Å². The van der Waals surface area contributed by atoms with E-state index in [-0.39, 0.29) is 16.7 Å². The van der Waals surface area contributed by atoms with Crippen LogP contribution in [0.5, 0.6) is 0 Å². The first-order chi connectivity index (χ1) is 15.6. The molecule has 0 atom stereocenters. The Kier molecular flexibility index (Phi) is 7.05. The van der Waals surface area contributed by atoms with E-state index >= 15 is 0 Å². The van der Waals surface area contributed by atoms with E-state index in [1.807, 2.05) is 0 Å². The molecule has 13 heteroatoms. The fraction of sp³-hybridized carbons (Fsp3) is 0.100. The molecule has 174 valence electrons. The lowest BCUT2D eigenvalue weighted by molar-refractivity contribution is 0.0706. The molecule has 0 aliphatic rings. The van der Waals surface area contributed by atoms with Gasteiger partial charge in [-0.2, -0.15) is 4.31 Å². The average Bonchev–Trinajstić information content (AvgIpc) is 2.81. The van der Waals surface area contributed by atoms with Gasteiger partial charge in [0.2, 0.25) is 15.8 Å². The summed E-state index contributed by atoms with van der Waals surface area (Å²) in [4.78, 5) is 13.3. The third-order valence-electron chi connectivity index (χ3n) is 4.53. The van der Waals surface area contributed by atoms with Gasteiger partial charge < -0.3 is 0 Å². The van der Waals surface area contributed by atoms with Crippen LogP contribution in [0.3, 0.4) is 0 Å². The highest BCUT2D eigenvalue weighted by atomic mass is 32.2. The van der Waals surface area contributed by atoms with Crippen molar-refractivity contribution in [2.24, 2.45) is 0 Å². The van der Waals surface area contributed by atoms with E-state index < -0.39 is 63.0 Å². The van der Waals surface area contributed by atoms with Crippen LogP contribution in [-0.2, 0) is 23.1 Å². The second kappa shape index (κ2) is 9.60. The van der Waals surface area contributed by atoms with Crippen molar-refractivity contribution in [2.75, 3.05) is 0 Å². The summed E-state index contributed by atoms with van der Waals surface area (Å²) in [7, 11) is -5.26. The van der Waals surface area contributed by atoms with E-state index in [0.29, 0.717) is 4.31 Å². The first kappa shape index (κ1) is 24.2. The van der Waals surface area contributed by atoms with Crippen molar-refractivity contribution < 1.29 is 40.4 Å². The third-order valence-corrected chi connectivity index (χ3v) is 6.34. The largest absolute Gasteiger partial charge is 0.288 e. The number of benzene rings is 2. The maximum Gasteiger partial charge on any atom is 0.274 e. The maximum atomic E-state index is 14.3. The van der Waals surface area contributed by atoms with Gasteiger partial charge in [-0.15, -0.1) is 0 Å². The molecule has 2 N–H and O–H groups in total. The molecule has 0 aliphatic carbocycles. The van der Waals surface area contributed by atoms with Crippen LogP contribution in [0, 0.1) is 29.1 Å². The summed E-state index contributed by atoms with van der Waals surface area (Å²) in [6.07, 6.45) is 2.65. The number of hydroxylamine groups is 1. The number of sulfonamides is 1. The highest BCUT2D eigenvalue weighted by molar-refractivity contribution is 7.89. The molecular weight excluding hydrogens is 473 g/mol. The molecular formula is C20H14F5N3O4S. The van der Waals surface area contributed by atoms with E-state index in [1.165, 1.54) is 54.3 Å². The van der Waals surface area contributed by atoms with Gasteiger partial charge >= 0.3 is 0 Å². The number of carbonyl (C=O) groups is 1. The lowest BCUT2D eigenvalue weighted by atomic mass is 10.1. The average molecular weight is 487 g/mol. The van der Waals surface area contributed by atoms with Crippen molar-refractivity contribution in [1.29, 1.82) is 0 Å². The fourth-order valence-corrected chi connectivity index (χ4v) is 4.42. The molecule has 0 aliphatic heterocycles. The Hall–Kier alpha value is -3.42. The SMILES string of the molecule is O=C(NO)c1ccc(CN(Cc2cccnc2)S(=O)(=O)c2c(F)c(F)c(F)c(F)c2F)cc1. The zero-order chi connectivity index (χ0) is 24.3. The van der Waals surface area contributed by atoms with Gasteiger partial charge in [-0.25, -0.2) is 35.8 Å². The van der Waals surface area contributed by atoms with Crippen LogP contribution in [0.1, 0.15) is 21.5 Å². The summed E-state index contributed by atoms with van der Waals surface area (Å²) < 4.78 is 96.1. The van der Waals surface area contributed by atoms with Crippen molar-refractivity contribution in [1.82, 2.24) is 14.8 Å². The Labute approximate surface area is 184 Å². The molecule has 3 aromatic rings. The van der Waals surface area contributed by atoms with Crippen LogP contribution >= 0.6 is 0 Å². The summed E-state index contributed by atoms with van der Waals surface area (Å²) in [5, 5.41) is 8.66. The first-order valence-corrected chi connectivity index (χ1v) is 10.5. The molecule has 2 aromatic carbocycles. The summed E-state index contributed by atoms with van der Waals surface area (Å²) >= 11 is 0. The third kappa shape index (κ3) is 4.84. The predicted octanol–water partition coefficient (Wildman–Crippen LogP) is 3.29. The molecule has 1 heterocycles. The number of nitrogens with one attached hydrogen (secondary N) is 1. The molecule has 33 heavy (non-hydrogen) atoms. The Morgan fingerprint density at radius 3 is 1.94 bits per heavy atom. The molecule has 3 rings (SSSR count). The monoisotopic (exact) mass is 487 g/mol. The van der Waals surface area contributed by atoms with Crippen molar-refractivity contribution >= 4 is 15.9 Å². The first-order valence-electron chi connectivity index (χ1n) is 9.01. The van der Waals surface area contributed by atoms with Crippen molar-refractivity contribution in [3.05, 3.63) is 94.6 Å². The minimum Gasteiger partial charge on any atom is -0.288 e. The molecule has 0 unspecified atom stereocenters. The van der Waals surface area contributed by atoms with Crippen LogP contribution in [0.2, 0.25) is 0 Å². The molecule has 0 radical (unpaired) electrons. The summed E-state index contributed by atoms with van der Waals surface area (Å²) in [5.74, 6) is -13.1. The number of aromatic nitrogens is 1. The fourth-order valence-electron chi connectivity index (χ4n) is 2.89. The number of rotatable bonds is 7. The quantitative estimate of drug-likeness (QED) is 0.175. The second-order valence-corrected chi connectivity index (χ2v) is 8.55. The van der Waals surface area contributed by atoms with E-state index in [2.05, 4.69) is 4.98 Å². The zero-order valence-electron chi connectivity index (χ0n) is 16.4. The summed E-state index contributed by atoms with van der Waals surface area (Å²) in [6, 6.07) is 7.94. The normalized spacial score (nSPS) is 11.6. The molecule has 0 spiro atoms. The summed E-state index contributed by atoms with van der Waals surface area (Å²) in [6.45, 7) is -1.08. The van der Waals surface area contributed by atoms with Crippen LogP contribution in [0.25, 0.3) is 0 Å². The number of amides is 1. The van der Waals surface area contributed by atoms with Gasteiger partial charge in [0.1, 0.15) is 0 Å². The number of nitrogens with zero attached hydrogens (tertiary/aromatic N) is 2. The molecule has 0 bridgehead atoms. The van der Waals surface area contributed by atoms with Crippen molar-refractivity contribution in [3.8, 4) is 0 Å². The predicted molar refractivity (Wildman–Crippen MR) is 103 cm³/mol. The molecule has 1 aromatic heterocycles. The van der Waals surface area contributed by atoms with Crippen LogP contribution in [-0.4, -0.2) is 28.8 Å². The zero-order valence-corrected chi connectivity index (χ0v) is 17.2. The Morgan fingerprint density at radius 2 is 1.42 bits per heavy atom. The lowest BCUT2D eigenvalue weighted by Gasteiger charge is -2.23.